The zero-order chi connectivity index (χ0) is 26.0. The van der Waals surface area contributed by atoms with Gasteiger partial charge in [0, 0.05) is 11.6 Å². The molecule has 0 saturated heterocycles. The molecular weight excluding hydrogens is 488 g/mol. The summed E-state index contributed by atoms with van der Waals surface area (Å²) in [5, 5.41) is 21.4. The van der Waals surface area contributed by atoms with Crippen LogP contribution in [0, 0.1) is 18.3 Å². The van der Waals surface area contributed by atoms with Crippen molar-refractivity contribution in [1.29, 1.82) is 5.26 Å². The van der Waals surface area contributed by atoms with Gasteiger partial charge < -0.3 is 14.2 Å². The molecule has 8 nitrogen and oxygen atoms in total. The molecule has 0 bridgehead atoms. The van der Waals surface area contributed by atoms with Crippen LogP contribution in [0.3, 0.4) is 0 Å². The van der Waals surface area contributed by atoms with Crippen molar-refractivity contribution in [1.82, 2.24) is 10.2 Å². The van der Waals surface area contributed by atoms with Crippen molar-refractivity contribution in [3.05, 3.63) is 89.5 Å². The van der Waals surface area contributed by atoms with E-state index in [1.165, 1.54) is 17.4 Å². The predicted octanol–water partition coefficient (Wildman–Crippen LogP) is 5.53. The predicted molar refractivity (Wildman–Crippen MR) is 143 cm³/mol. The number of hydrogen-bond donors (Lipinski definition) is 1. The van der Waals surface area contributed by atoms with Crippen LogP contribution < -0.4 is 19.5 Å². The normalized spacial score (nSPS) is 10.9. The average Bonchev–Trinajstić information content (AvgIpc) is 3.39. The molecule has 0 aliphatic heterocycles. The van der Waals surface area contributed by atoms with Crippen LogP contribution in [0.2, 0.25) is 0 Å². The molecule has 37 heavy (non-hydrogen) atoms. The number of rotatable bonds is 10. The molecule has 4 rings (SSSR count). The van der Waals surface area contributed by atoms with Gasteiger partial charge in [0.25, 0.3) is 5.91 Å². The summed E-state index contributed by atoms with van der Waals surface area (Å²) in [5.74, 6) is 1.52. The Balaban J connectivity index is 1.31. The highest BCUT2D eigenvalue weighted by Crippen LogP contribution is 2.29. The Morgan fingerprint density at radius 2 is 1.70 bits per heavy atom. The average molecular weight is 513 g/mol. The fourth-order valence-electron chi connectivity index (χ4n) is 3.35. The van der Waals surface area contributed by atoms with Crippen molar-refractivity contribution in [2.45, 2.75) is 6.92 Å². The summed E-state index contributed by atoms with van der Waals surface area (Å²) in [6, 6.07) is 24.2. The van der Waals surface area contributed by atoms with E-state index >= 15 is 0 Å². The zero-order valence-corrected chi connectivity index (χ0v) is 21.1. The van der Waals surface area contributed by atoms with Crippen LogP contribution in [0.5, 0.6) is 17.2 Å². The van der Waals surface area contributed by atoms with Crippen molar-refractivity contribution >= 4 is 28.5 Å². The van der Waals surface area contributed by atoms with E-state index in [9.17, 15) is 10.1 Å². The number of ether oxygens (including phenoxy) is 3. The van der Waals surface area contributed by atoms with Crippen molar-refractivity contribution in [3.8, 4) is 33.9 Å². The number of carbonyl (C=O) groups excluding carboxylic acids is 1. The Morgan fingerprint density at radius 3 is 2.43 bits per heavy atom. The maximum absolute atomic E-state index is 12.6. The number of nitrogens with one attached hydrogen (secondary N) is 1. The molecule has 0 radical (unpaired) electrons. The minimum absolute atomic E-state index is 0.0481. The van der Waals surface area contributed by atoms with Crippen molar-refractivity contribution < 1.29 is 19.0 Å². The molecule has 4 aromatic rings. The van der Waals surface area contributed by atoms with E-state index in [0.29, 0.717) is 40.4 Å². The van der Waals surface area contributed by atoms with Gasteiger partial charge >= 0.3 is 0 Å². The quantitative estimate of drug-likeness (QED) is 0.169. The first-order chi connectivity index (χ1) is 18.1. The molecule has 1 aromatic heterocycles. The molecule has 0 spiro atoms. The molecule has 0 aliphatic carbocycles. The second kappa shape index (κ2) is 12.3. The summed E-state index contributed by atoms with van der Waals surface area (Å²) in [6.07, 6.45) is 1.51. The van der Waals surface area contributed by atoms with Crippen LogP contribution in [-0.4, -0.2) is 36.4 Å². The lowest BCUT2D eigenvalue weighted by Crippen LogP contribution is -2.13. The van der Waals surface area contributed by atoms with Gasteiger partial charge in [0.2, 0.25) is 5.13 Å². The van der Waals surface area contributed by atoms with E-state index in [1.54, 1.807) is 37.4 Å². The van der Waals surface area contributed by atoms with E-state index < -0.39 is 5.91 Å². The largest absolute Gasteiger partial charge is 0.497 e. The fourth-order valence-corrected chi connectivity index (χ4v) is 4.17. The number of anilines is 1. The molecule has 0 atom stereocenters. The third-order valence-electron chi connectivity index (χ3n) is 5.24. The second-order valence-electron chi connectivity index (χ2n) is 7.80. The molecular formula is C28H24N4O4S. The van der Waals surface area contributed by atoms with Crippen LogP contribution >= 0.6 is 11.3 Å². The first-order valence-electron chi connectivity index (χ1n) is 11.4. The number of hydrogen-bond acceptors (Lipinski definition) is 8. The van der Waals surface area contributed by atoms with E-state index in [2.05, 4.69) is 15.5 Å². The summed E-state index contributed by atoms with van der Waals surface area (Å²) in [4.78, 5) is 12.6. The lowest BCUT2D eigenvalue weighted by atomic mass is 10.1. The Morgan fingerprint density at radius 1 is 0.973 bits per heavy atom. The molecule has 3 aromatic carbocycles. The van der Waals surface area contributed by atoms with Crippen LogP contribution in [-0.2, 0) is 4.79 Å². The van der Waals surface area contributed by atoms with Gasteiger partial charge in [-0.3, -0.25) is 10.1 Å². The Labute approximate surface area is 218 Å². The van der Waals surface area contributed by atoms with Crippen molar-refractivity contribution in [2.24, 2.45) is 0 Å². The van der Waals surface area contributed by atoms with Gasteiger partial charge in [0.05, 0.1) is 7.11 Å². The van der Waals surface area contributed by atoms with Gasteiger partial charge in [0.15, 0.2) is 0 Å². The summed E-state index contributed by atoms with van der Waals surface area (Å²) < 4.78 is 16.6. The third kappa shape index (κ3) is 6.93. The number of aryl methyl sites for hydroxylation is 1. The van der Waals surface area contributed by atoms with Gasteiger partial charge in [-0.1, -0.05) is 53.8 Å². The Kier molecular flexibility index (Phi) is 8.47. The van der Waals surface area contributed by atoms with Gasteiger partial charge in [-0.05, 0) is 48.4 Å². The summed E-state index contributed by atoms with van der Waals surface area (Å²) in [7, 11) is 1.60. The number of nitrogens with zero attached hydrogens (tertiary/aromatic N) is 3. The topological polar surface area (TPSA) is 106 Å². The van der Waals surface area contributed by atoms with Gasteiger partial charge in [0.1, 0.15) is 47.1 Å². The molecule has 186 valence electrons. The first-order valence-corrected chi connectivity index (χ1v) is 12.2. The zero-order valence-electron chi connectivity index (χ0n) is 20.3. The Bertz CT molecular complexity index is 1440. The Hall–Kier alpha value is -4.68. The summed E-state index contributed by atoms with van der Waals surface area (Å²) >= 11 is 1.25. The monoisotopic (exact) mass is 512 g/mol. The molecule has 1 amide bonds. The number of aromatic nitrogens is 2. The fraction of sp³-hybridized carbons (Fsp3) is 0.143. The van der Waals surface area contributed by atoms with Crippen LogP contribution in [0.4, 0.5) is 5.13 Å². The standard InChI is InChI=1S/C28H24N4O4S/c1-19-6-3-4-9-25(19)27-31-32-28(37-27)30-26(33)21(18-29)16-20-10-12-22(13-11-20)35-14-15-36-24-8-5-7-23(17-24)34-2/h3-13,16-17H,14-15H2,1-2H3,(H,30,32,33)/b21-16-. The van der Waals surface area contributed by atoms with Gasteiger partial charge in [-0.2, -0.15) is 5.26 Å². The highest BCUT2D eigenvalue weighted by atomic mass is 32.1. The number of benzene rings is 3. The SMILES string of the molecule is COc1cccc(OCCOc2ccc(/C=C(/C#N)C(=O)Nc3nnc(-c4ccccc4C)s3)cc2)c1. The van der Waals surface area contributed by atoms with E-state index in [1.807, 2.05) is 55.5 Å². The molecule has 0 unspecified atom stereocenters. The van der Waals surface area contributed by atoms with Gasteiger partial charge in [-0.15, -0.1) is 10.2 Å². The van der Waals surface area contributed by atoms with E-state index in [0.717, 1.165) is 16.9 Å². The minimum Gasteiger partial charge on any atom is -0.497 e. The van der Waals surface area contributed by atoms with Crippen LogP contribution in [0.25, 0.3) is 16.6 Å². The number of methoxy groups -OCH3 is 1. The first kappa shape index (κ1) is 25.4. The minimum atomic E-state index is -0.551. The maximum atomic E-state index is 12.6. The van der Waals surface area contributed by atoms with Crippen molar-refractivity contribution in [3.63, 3.8) is 0 Å². The van der Waals surface area contributed by atoms with E-state index in [-0.39, 0.29) is 5.57 Å². The van der Waals surface area contributed by atoms with E-state index in [4.69, 9.17) is 14.2 Å². The van der Waals surface area contributed by atoms with Gasteiger partial charge in [-0.25, -0.2) is 0 Å². The smallest absolute Gasteiger partial charge is 0.268 e. The highest BCUT2D eigenvalue weighted by Gasteiger charge is 2.14. The van der Waals surface area contributed by atoms with Crippen molar-refractivity contribution in [2.75, 3.05) is 25.6 Å². The number of amides is 1. The molecule has 1 N–H and O–H groups in total. The number of carbonyl (C=O) groups is 1. The second-order valence-corrected chi connectivity index (χ2v) is 8.77. The lowest BCUT2D eigenvalue weighted by molar-refractivity contribution is -0.112. The third-order valence-corrected chi connectivity index (χ3v) is 6.11. The van der Waals surface area contributed by atoms with Crippen LogP contribution in [0.15, 0.2) is 78.4 Å². The molecule has 0 fully saturated rings. The molecule has 0 saturated carbocycles. The number of nitriles is 1. The molecule has 0 aliphatic rings. The highest BCUT2D eigenvalue weighted by molar-refractivity contribution is 7.18. The van der Waals surface area contributed by atoms with Crippen LogP contribution in [0.1, 0.15) is 11.1 Å². The summed E-state index contributed by atoms with van der Waals surface area (Å²) in [5.41, 5.74) is 2.65. The molecule has 1 heterocycles. The maximum Gasteiger partial charge on any atom is 0.268 e. The lowest BCUT2D eigenvalue weighted by Gasteiger charge is -2.09. The summed E-state index contributed by atoms with van der Waals surface area (Å²) in [6.45, 7) is 2.70. The molecule has 9 heteroatoms.